The van der Waals surface area contributed by atoms with E-state index < -0.39 is 6.09 Å². The first-order valence-corrected chi connectivity index (χ1v) is 12.5. The Kier molecular flexibility index (Phi) is 11.9. The molecule has 0 radical (unpaired) electrons. The van der Waals surface area contributed by atoms with Gasteiger partial charge in [-0.1, -0.05) is 32.6 Å². The van der Waals surface area contributed by atoms with Gasteiger partial charge in [-0.25, -0.2) is 19.3 Å². The molecule has 1 aliphatic rings. The molecule has 1 amide bonds. The van der Waals surface area contributed by atoms with Gasteiger partial charge in [0.1, 0.15) is 18.6 Å². The number of nitriles is 1. The number of aromatic nitrogens is 3. The smallest absolute Gasteiger partial charge is 0.419 e. The molecule has 1 saturated heterocycles. The van der Waals surface area contributed by atoms with Crippen LogP contribution in [0, 0.1) is 17.2 Å². The Hall–Kier alpha value is -2.90. The summed E-state index contributed by atoms with van der Waals surface area (Å²) in [6.45, 7) is 4.45. The highest BCUT2D eigenvalue weighted by molar-refractivity contribution is 5.93. The molecule has 0 bridgehead atoms. The molecule has 36 heavy (non-hydrogen) atoms. The number of halogens is 1. The van der Waals surface area contributed by atoms with E-state index in [0.717, 1.165) is 56.9 Å². The van der Waals surface area contributed by atoms with Crippen molar-refractivity contribution in [2.24, 2.45) is 11.7 Å². The number of ether oxygens (including phenoxy) is 1. The van der Waals surface area contributed by atoms with Crippen LogP contribution in [0.2, 0.25) is 0 Å². The zero-order valence-electron chi connectivity index (χ0n) is 21.3. The van der Waals surface area contributed by atoms with E-state index in [4.69, 9.17) is 15.7 Å². The second-order valence-electron chi connectivity index (χ2n) is 9.26. The summed E-state index contributed by atoms with van der Waals surface area (Å²) >= 11 is 0. The van der Waals surface area contributed by atoms with Crippen molar-refractivity contribution in [3.8, 4) is 6.07 Å². The monoisotopic (exact) mass is 519 g/mol. The van der Waals surface area contributed by atoms with Gasteiger partial charge in [-0.2, -0.15) is 5.26 Å². The van der Waals surface area contributed by atoms with Crippen molar-refractivity contribution < 1.29 is 14.3 Å². The lowest BCUT2D eigenvalue weighted by Gasteiger charge is -2.42. The molecule has 1 aliphatic heterocycles. The third kappa shape index (κ3) is 7.31. The molecule has 11 heteroatoms. The fourth-order valence-electron chi connectivity index (χ4n) is 4.67. The number of likely N-dealkylation sites (tertiary alicyclic amines) is 1. The fourth-order valence-corrected chi connectivity index (χ4v) is 4.67. The third-order valence-corrected chi connectivity index (χ3v) is 6.81. The van der Waals surface area contributed by atoms with Gasteiger partial charge in [0.15, 0.2) is 5.65 Å². The first-order chi connectivity index (χ1) is 17.0. The van der Waals surface area contributed by atoms with Gasteiger partial charge < -0.3 is 20.3 Å². The quantitative estimate of drug-likeness (QED) is 0.444. The van der Waals surface area contributed by atoms with Gasteiger partial charge >= 0.3 is 6.09 Å². The summed E-state index contributed by atoms with van der Waals surface area (Å²) in [5.41, 5.74) is 6.01. The zero-order chi connectivity index (χ0) is 25.2. The number of rotatable bonds is 11. The van der Waals surface area contributed by atoms with E-state index in [2.05, 4.69) is 21.8 Å². The molecule has 0 saturated carbocycles. The zero-order valence-corrected chi connectivity index (χ0v) is 22.1. The minimum Gasteiger partial charge on any atom is -0.449 e. The first kappa shape index (κ1) is 29.3. The number of likely N-dealkylation sites (N-methyl/N-ethyl adjacent to an activating group) is 1. The van der Waals surface area contributed by atoms with Crippen LogP contribution in [0.3, 0.4) is 0 Å². The molecule has 2 N–H and O–H groups in total. The molecule has 2 aromatic heterocycles. The van der Waals surface area contributed by atoms with Crippen molar-refractivity contribution in [3.05, 3.63) is 18.6 Å². The lowest BCUT2D eigenvalue weighted by molar-refractivity contribution is -0.131. The summed E-state index contributed by atoms with van der Waals surface area (Å²) in [7, 11) is 1.95. The Balaban J connectivity index is 0.00000456. The van der Waals surface area contributed by atoms with Crippen LogP contribution in [0.15, 0.2) is 18.6 Å². The summed E-state index contributed by atoms with van der Waals surface area (Å²) in [6, 6.07) is 3.80. The maximum absolute atomic E-state index is 12.7. The highest BCUT2D eigenvalue weighted by Crippen LogP contribution is 2.29. The maximum atomic E-state index is 12.7. The number of nitrogens with two attached hydrogens (primary N) is 1. The fraction of sp³-hybridized carbons (Fsp3) is 0.640. The number of carbonyl (C=O) groups is 2. The molecular weight excluding hydrogens is 482 g/mol. The Bertz CT molecular complexity index is 1040. The number of piperidine rings is 1. The average molecular weight is 520 g/mol. The van der Waals surface area contributed by atoms with Crippen molar-refractivity contribution in [3.63, 3.8) is 0 Å². The van der Waals surface area contributed by atoms with Crippen LogP contribution in [0.25, 0.3) is 11.0 Å². The number of unbranched alkanes of at least 4 members (excludes halogenated alkanes) is 5. The van der Waals surface area contributed by atoms with E-state index in [1.165, 1.54) is 10.9 Å². The van der Waals surface area contributed by atoms with Crippen LogP contribution in [0.4, 0.5) is 10.6 Å². The summed E-state index contributed by atoms with van der Waals surface area (Å²) < 4.78 is 6.90. The Labute approximate surface area is 219 Å². The minimum absolute atomic E-state index is 0. The van der Waals surface area contributed by atoms with E-state index in [9.17, 15) is 9.59 Å². The molecule has 1 fully saturated rings. The topological polar surface area (TPSA) is 130 Å². The third-order valence-electron chi connectivity index (χ3n) is 6.81. The molecule has 0 aliphatic carbocycles. The Morgan fingerprint density at radius 2 is 1.94 bits per heavy atom. The molecule has 3 heterocycles. The van der Waals surface area contributed by atoms with Gasteiger partial charge in [0, 0.05) is 26.3 Å². The second kappa shape index (κ2) is 14.6. The predicted molar refractivity (Wildman–Crippen MR) is 141 cm³/mol. The van der Waals surface area contributed by atoms with E-state index in [1.807, 2.05) is 19.2 Å². The molecule has 2 aromatic rings. The maximum Gasteiger partial charge on any atom is 0.419 e. The van der Waals surface area contributed by atoms with Crippen LogP contribution in [0.1, 0.15) is 58.3 Å². The molecule has 3 rings (SSSR count). The number of hydrogen-bond acceptors (Lipinski definition) is 8. The van der Waals surface area contributed by atoms with Gasteiger partial charge in [-0.15, -0.1) is 12.4 Å². The number of hydrogen-bond donors (Lipinski definition) is 1. The van der Waals surface area contributed by atoms with Crippen molar-refractivity contribution >= 4 is 41.3 Å². The average Bonchev–Trinajstić information content (AvgIpc) is 3.30. The molecular formula is C25H38ClN7O3. The van der Waals surface area contributed by atoms with Gasteiger partial charge in [-0.3, -0.25) is 4.79 Å². The van der Waals surface area contributed by atoms with Crippen molar-refractivity contribution in [2.75, 3.05) is 38.2 Å². The molecule has 0 spiro atoms. The molecule has 10 nitrogen and oxygen atoms in total. The summed E-state index contributed by atoms with van der Waals surface area (Å²) in [4.78, 5) is 37.6. The largest absolute Gasteiger partial charge is 0.449 e. The van der Waals surface area contributed by atoms with E-state index in [0.29, 0.717) is 37.1 Å². The highest BCUT2D eigenvalue weighted by Gasteiger charge is 2.32. The van der Waals surface area contributed by atoms with E-state index >= 15 is 0 Å². The van der Waals surface area contributed by atoms with Crippen LogP contribution in [-0.4, -0.2) is 70.8 Å². The highest BCUT2D eigenvalue weighted by atomic mass is 35.5. The molecule has 198 valence electrons. The number of amides is 1. The SMILES string of the molecule is C[C@@H]1CCN(C(=O)CC#N)C[C@@H]1N(C)c1ncnc2c1ccn2C(=O)OCCCCCCCCN.Cl. The molecule has 2 atom stereocenters. The number of anilines is 1. The second-order valence-corrected chi connectivity index (χ2v) is 9.26. The number of carbonyl (C=O) groups excluding carboxylic acids is 2. The normalized spacial score (nSPS) is 17.3. The van der Waals surface area contributed by atoms with Crippen molar-refractivity contribution in [2.45, 2.75) is 64.3 Å². The van der Waals surface area contributed by atoms with Crippen molar-refractivity contribution in [1.29, 1.82) is 5.26 Å². The predicted octanol–water partition coefficient (Wildman–Crippen LogP) is 3.72. The van der Waals surface area contributed by atoms with Gasteiger partial charge in [0.25, 0.3) is 0 Å². The van der Waals surface area contributed by atoms with E-state index in [1.54, 1.807) is 11.1 Å². The van der Waals surface area contributed by atoms with Crippen LogP contribution >= 0.6 is 12.4 Å². The number of fused-ring (bicyclic) bond motifs is 1. The minimum atomic E-state index is -0.449. The molecule has 0 aromatic carbocycles. The summed E-state index contributed by atoms with van der Waals surface area (Å²) in [5.74, 6) is 0.888. The lowest BCUT2D eigenvalue weighted by Crippen LogP contribution is -2.52. The summed E-state index contributed by atoms with van der Waals surface area (Å²) in [5, 5.41) is 9.64. The Morgan fingerprint density at radius 1 is 1.22 bits per heavy atom. The summed E-state index contributed by atoms with van der Waals surface area (Å²) in [6.07, 6.45) is 9.74. The number of nitrogens with zero attached hydrogens (tertiary/aromatic N) is 6. The standard InChI is InChI=1S/C25H37N7O3.ClH/c1-19-10-14-31(22(33)9-13-27)17-21(19)30(2)23-20-11-15-32(24(20)29-18-28-23)25(34)35-16-8-6-4-3-5-7-12-26;/h11,15,18-19,21H,3-10,12,14,16-17,26H2,1-2H3;1H/t19-,21+;/m1./s1. The lowest BCUT2D eigenvalue weighted by atomic mass is 9.92. The van der Waals surface area contributed by atoms with E-state index in [-0.39, 0.29) is 30.8 Å². The van der Waals surface area contributed by atoms with Crippen LogP contribution < -0.4 is 10.6 Å². The van der Waals surface area contributed by atoms with Gasteiger partial charge in [0.2, 0.25) is 5.91 Å². The van der Waals surface area contributed by atoms with Crippen LogP contribution in [0.5, 0.6) is 0 Å². The Morgan fingerprint density at radius 3 is 2.67 bits per heavy atom. The van der Waals surface area contributed by atoms with Gasteiger partial charge in [-0.05, 0) is 37.8 Å². The molecule has 0 unspecified atom stereocenters. The van der Waals surface area contributed by atoms with Crippen molar-refractivity contribution in [1.82, 2.24) is 19.4 Å². The first-order valence-electron chi connectivity index (χ1n) is 12.5. The van der Waals surface area contributed by atoms with Crippen LogP contribution in [-0.2, 0) is 9.53 Å². The van der Waals surface area contributed by atoms with Gasteiger partial charge in [0.05, 0.1) is 24.1 Å².